The number of aromatic nitrogens is 4. The zero-order chi connectivity index (χ0) is 16.4. The first-order valence-electron chi connectivity index (χ1n) is 7.71. The van der Waals surface area contributed by atoms with Gasteiger partial charge in [-0.1, -0.05) is 35.5 Å². The van der Waals surface area contributed by atoms with Crippen LogP contribution in [0.2, 0.25) is 0 Å². The Morgan fingerprint density at radius 2 is 2.04 bits per heavy atom. The Morgan fingerprint density at radius 3 is 2.79 bits per heavy atom. The molecule has 3 aromatic rings. The van der Waals surface area contributed by atoms with Gasteiger partial charge in [-0.05, 0) is 5.56 Å². The molecule has 7 nitrogen and oxygen atoms in total. The lowest BCUT2D eigenvalue weighted by Gasteiger charge is -2.36. The molecule has 1 fully saturated rings. The predicted molar refractivity (Wildman–Crippen MR) is 84.2 cm³/mol. The van der Waals surface area contributed by atoms with Crippen LogP contribution in [-0.2, 0) is 6.42 Å². The van der Waals surface area contributed by atoms with Crippen molar-refractivity contribution in [1.29, 1.82) is 0 Å². The van der Waals surface area contributed by atoms with Crippen LogP contribution in [0.4, 0.5) is 0 Å². The zero-order valence-electron chi connectivity index (χ0n) is 12.9. The fourth-order valence-electron chi connectivity index (χ4n) is 2.66. The van der Waals surface area contributed by atoms with Crippen LogP contribution < -0.4 is 0 Å². The van der Waals surface area contributed by atoms with E-state index in [0.29, 0.717) is 36.9 Å². The molecular formula is C17H15N5O2. The van der Waals surface area contributed by atoms with E-state index >= 15 is 0 Å². The van der Waals surface area contributed by atoms with Crippen molar-refractivity contribution < 1.29 is 9.32 Å². The van der Waals surface area contributed by atoms with Crippen molar-refractivity contribution in [1.82, 2.24) is 25.0 Å². The van der Waals surface area contributed by atoms with E-state index in [1.165, 1.54) is 12.4 Å². The molecule has 0 spiro atoms. The van der Waals surface area contributed by atoms with Gasteiger partial charge in [0.25, 0.3) is 5.91 Å². The van der Waals surface area contributed by atoms with Crippen LogP contribution in [0.1, 0.15) is 33.7 Å². The van der Waals surface area contributed by atoms with Gasteiger partial charge in [0.15, 0.2) is 5.82 Å². The summed E-state index contributed by atoms with van der Waals surface area (Å²) in [6.07, 6.45) is 5.17. The highest BCUT2D eigenvalue weighted by atomic mass is 16.5. The quantitative estimate of drug-likeness (QED) is 0.727. The highest BCUT2D eigenvalue weighted by molar-refractivity contribution is 5.92. The minimum atomic E-state index is -0.122. The molecule has 1 aliphatic heterocycles. The van der Waals surface area contributed by atoms with Gasteiger partial charge in [0.2, 0.25) is 5.89 Å². The Hall–Kier alpha value is -3.09. The average molecular weight is 321 g/mol. The van der Waals surface area contributed by atoms with E-state index in [-0.39, 0.29) is 11.8 Å². The Kier molecular flexibility index (Phi) is 3.74. The molecule has 7 heteroatoms. The molecule has 0 aliphatic carbocycles. The molecule has 0 radical (unpaired) electrons. The highest BCUT2D eigenvalue weighted by Crippen LogP contribution is 2.27. The molecule has 1 aliphatic rings. The molecule has 4 rings (SSSR count). The average Bonchev–Trinajstić information content (AvgIpc) is 3.03. The van der Waals surface area contributed by atoms with Crippen LogP contribution in [0.25, 0.3) is 0 Å². The fraction of sp³-hybridized carbons (Fsp3) is 0.235. The molecule has 1 amide bonds. The van der Waals surface area contributed by atoms with Crippen LogP contribution in [0, 0.1) is 0 Å². The number of rotatable bonds is 4. The maximum absolute atomic E-state index is 12.2. The fourth-order valence-corrected chi connectivity index (χ4v) is 2.66. The lowest BCUT2D eigenvalue weighted by molar-refractivity contribution is 0.0562. The SMILES string of the molecule is O=C(c1cnccn1)N1CC(c2nc(Cc3ccccc3)no2)C1. The minimum Gasteiger partial charge on any atom is -0.339 e. The minimum absolute atomic E-state index is 0.0858. The molecule has 120 valence electrons. The van der Waals surface area contributed by atoms with E-state index in [1.807, 2.05) is 30.3 Å². The lowest BCUT2D eigenvalue weighted by atomic mass is 9.99. The van der Waals surface area contributed by atoms with Crippen LogP contribution >= 0.6 is 0 Å². The number of amides is 1. The summed E-state index contributed by atoms with van der Waals surface area (Å²) < 4.78 is 5.35. The van der Waals surface area contributed by atoms with Gasteiger partial charge < -0.3 is 9.42 Å². The zero-order valence-corrected chi connectivity index (χ0v) is 12.9. The van der Waals surface area contributed by atoms with Gasteiger partial charge in [-0.25, -0.2) is 4.98 Å². The van der Waals surface area contributed by atoms with E-state index in [2.05, 4.69) is 20.1 Å². The summed E-state index contributed by atoms with van der Waals surface area (Å²) in [4.78, 5) is 26.3. The molecule has 3 heterocycles. The van der Waals surface area contributed by atoms with Gasteiger partial charge >= 0.3 is 0 Å². The molecule has 1 saturated heterocycles. The molecule has 1 aromatic carbocycles. The number of benzene rings is 1. The maximum Gasteiger partial charge on any atom is 0.274 e. The number of likely N-dealkylation sites (tertiary alicyclic amines) is 1. The Balaban J connectivity index is 1.37. The number of carbonyl (C=O) groups is 1. The third kappa shape index (κ3) is 2.88. The maximum atomic E-state index is 12.2. The van der Waals surface area contributed by atoms with E-state index in [9.17, 15) is 4.79 Å². The van der Waals surface area contributed by atoms with Gasteiger partial charge in [0.1, 0.15) is 5.69 Å². The van der Waals surface area contributed by atoms with Gasteiger partial charge in [-0.2, -0.15) is 4.98 Å². The summed E-state index contributed by atoms with van der Waals surface area (Å²) in [5.74, 6) is 1.21. The van der Waals surface area contributed by atoms with Crippen molar-refractivity contribution in [3.63, 3.8) is 0 Å². The summed E-state index contributed by atoms with van der Waals surface area (Å²) in [5, 5.41) is 4.03. The molecule has 0 saturated carbocycles. The Morgan fingerprint density at radius 1 is 1.21 bits per heavy atom. The molecule has 0 unspecified atom stereocenters. The number of hydrogen-bond donors (Lipinski definition) is 0. The standard InChI is InChI=1S/C17H15N5O2/c23-17(14-9-18-6-7-19-14)22-10-13(11-22)16-20-15(21-24-16)8-12-4-2-1-3-5-12/h1-7,9,13H,8,10-11H2. The Labute approximate surface area is 138 Å². The normalized spacial score (nSPS) is 14.4. The van der Waals surface area contributed by atoms with Crippen molar-refractivity contribution in [2.75, 3.05) is 13.1 Å². The van der Waals surface area contributed by atoms with Crippen molar-refractivity contribution in [3.8, 4) is 0 Å². The van der Waals surface area contributed by atoms with E-state index < -0.39 is 0 Å². The molecule has 24 heavy (non-hydrogen) atoms. The summed E-state index contributed by atoms with van der Waals surface area (Å²) in [6.45, 7) is 1.12. The van der Waals surface area contributed by atoms with Crippen molar-refractivity contribution in [3.05, 3.63) is 71.9 Å². The second-order valence-corrected chi connectivity index (χ2v) is 5.71. The monoisotopic (exact) mass is 321 g/mol. The highest BCUT2D eigenvalue weighted by Gasteiger charge is 2.36. The van der Waals surface area contributed by atoms with Crippen LogP contribution in [0.5, 0.6) is 0 Å². The second-order valence-electron chi connectivity index (χ2n) is 5.71. The van der Waals surface area contributed by atoms with E-state index in [1.54, 1.807) is 11.1 Å². The summed E-state index contributed by atoms with van der Waals surface area (Å²) in [5.41, 5.74) is 1.49. The summed E-state index contributed by atoms with van der Waals surface area (Å²) in [7, 11) is 0. The predicted octanol–water partition coefficient (Wildman–Crippen LogP) is 1.69. The van der Waals surface area contributed by atoms with Gasteiger partial charge in [0, 0.05) is 31.9 Å². The molecule has 0 N–H and O–H groups in total. The first-order valence-corrected chi connectivity index (χ1v) is 7.71. The van der Waals surface area contributed by atoms with Gasteiger partial charge in [-0.3, -0.25) is 9.78 Å². The van der Waals surface area contributed by atoms with Crippen LogP contribution in [-0.4, -0.2) is 44.0 Å². The van der Waals surface area contributed by atoms with E-state index in [0.717, 1.165) is 5.56 Å². The molecule has 2 aromatic heterocycles. The second kappa shape index (κ2) is 6.19. The van der Waals surface area contributed by atoms with Crippen molar-refractivity contribution in [2.24, 2.45) is 0 Å². The largest absolute Gasteiger partial charge is 0.339 e. The first-order chi connectivity index (χ1) is 11.8. The third-order valence-electron chi connectivity index (χ3n) is 3.99. The van der Waals surface area contributed by atoms with Gasteiger partial charge in [0.05, 0.1) is 12.1 Å². The molecule has 0 atom stereocenters. The van der Waals surface area contributed by atoms with Crippen LogP contribution in [0.15, 0.2) is 53.4 Å². The first kappa shape index (κ1) is 14.5. The smallest absolute Gasteiger partial charge is 0.274 e. The number of hydrogen-bond acceptors (Lipinski definition) is 6. The summed E-state index contributed by atoms with van der Waals surface area (Å²) in [6, 6.07) is 10.0. The molecule has 0 bridgehead atoms. The van der Waals surface area contributed by atoms with Crippen molar-refractivity contribution >= 4 is 5.91 Å². The molecular weight excluding hydrogens is 306 g/mol. The summed E-state index contributed by atoms with van der Waals surface area (Å²) >= 11 is 0. The lowest BCUT2D eigenvalue weighted by Crippen LogP contribution is -2.48. The van der Waals surface area contributed by atoms with Gasteiger partial charge in [-0.15, -0.1) is 0 Å². The number of carbonyl (C=O) groups excluding carboxylic acids is 1. The third-order valence-corrected chi connectivity index (χ3v) is 3.99. The Bertz CT molecular complexity index is 828. The van der Waals surface area contributed by atoms with E-state index in [4.69, 9.17) is 4.52 Å². The topological polar surface area (TPSA) is 85.0 Å². The van der Waals surface area contributed by atoms with Crippen LogP contribution in [0.3, 0.4) is 0 Å². The van der Waals surface area contributed by atoms with Crippen molar-refractivity contribution in [2.45, 2.75) is 12.3 Å². The number of nitrogens with zero attached hydrogens (tertiary/aromatic N) is 5.